The number of hydrogen-bond donors (Lipinski definition) is 0. The van der Waals surface area contributed by atoms with Gasteiger partial charge in [0.05, 0.1) is 0 Å². The second kappa shape index (κ2) is 7.27. The molecule has 0 atom stereocenters. The maximum atomic E-state index is 2.36. The summed E-state index contributed by atoms with van der Waals surface area (Å²) >= 11 is 0. The third kappa shape index (κ3) is 3.84. The maximum absolute atomic E-state index is 2.36. The Bertz CT molecular complexity index is 362. The van der Waals surface area contributed by atoms with Crippen LogP contribution in [0.15, 0.2) is 60.7 Å². The molecule has 0 aliphatic heterocycles. The Labute approximate surface area is 108 Å². The molecule has 0 amide bonds. The summed E-state index contributed by atoms with van der Waals surface area (Å²) in [5.74, 6) is 0. The van der Waals surface area contributed by atoms with Crippen molar-refractivity contribution in [1.29, 1.82) is 0 Å². The van der Waals surface area contributed by atoms with Crippen LogP contribution < -0.4 is 0 Å². The van der Waals surface area contributed by atoms with Crippen molar-refractivity contribution in [3.63, 3.8) is 0 Å². The van der Waals surface area contributed by atoms with Gasteiger partial charge in [-0.1, -0.05) is 12.8 Å². The minimum Gasteiger partial charge on any atom is -0.214 e. The van der Waals surface area contributed by atoms with E-state index in [9.17, 15) is 0 Å². The average molecular weight is 252 g/mol. The molecule has 1 aliphatic rings. The summed E-state index contributed by atoms with van der Waals surface area (Å²) < 4.78 is 0. The van der Waals surface area contributed by atoms with Crippen molar-refractivity contribution in [2.24, 2.45) is 0 Å². The molecule has 84 valence electrons. The van der Waals surface area contributed by atoms with Crippen LogP contribution in [0.3, 0.4) is 0 Å². The zero-order valence-electron chi connectivity index (χ0n) is 9.25. The molecule has 1 heteroatoms. The Balaban J connectivity index is 0.000000183. The fraction of sp³-hybridized carbons (Fsp3) is 0.200. The van der Waals surface area contributed by atoms with E-state index in [1.165, 1.54) is 24.8 Å². The van der Waals surface area contributed by atoms with Gasteiger partial charge in [0.25, 0.3) is 0 Å². The van der Waals surface area contributed by atoms with Gasteiger partial charge in [-0.05, 0) is 6.42 Å². The van der Waals surface area contributed by atoms with E-state index in [1.807, 2.05) is 30.3 Å². The predicted octanol–water partition coefficient (Wildman–Crippen LogP) is 4.38. The van der Waals surface area contributed by atoms with Gasteiger partial charge < -0.3 is 0 Å². The summed E-state index contributed by atoms with van der Waals surface area (Å²) in [5.41, 5.74) is 2.97. The first-order valence-electron chi connectivity index (χ1n) is 5.54. The summed E-state index contributed by atoms with van der Waals surface area (Å²) in [4.78, 5) is 0. The van der Waals surface area contributed by atoms with E-state index >= 15 is 0 Å². The van der Waals surface area contributed by atoms with Gasteiger partial charge in [0.2, 0.25) is 0 Å². The Morgan fingerprint density at radius 3 is 2.12 bits per heavy atom. The first-order valence-corrected chi connectivity index (χ1v) is 5.54. The van der Waals surface area contributed by atoms with Crippen LogP contribution in [-0.2, 0) is 17.1 Å². The standard InChI is InChI=1S/C10H11.C5H5.Fe/c1-2-6-9(5-1)10-7-3-4-8-10;1-2-4-5-3-1;/h1-2,5-7H,3-4,8H2;1-5H;/q2*-1;+2. The minimum absolute atomic E-state index is 0. The maximum Gasteiger partial charge on any atom is 2.00 e. The van der Waals surface area contributed by atoms with E-state index in [0.29, 0.717) is 0 Å². The second-order valence-corrected chi connectivity index (χ2v) is 3.76. The van der Waals surface area contributed by atoms with Crippen LogP contribution in [0.4, 0.5) is 0 Å². The van der Waals surface area contributed by atoms with Crippen molar-refractivity contribution in [3.8, 4) is 0 Å². The first-order chi connectivity index (χ1) is 7.47. The SMILES string of the molecule is C1=C([c-]2cccc2)CCC1.[Fe+2].c1cc[cH-]c1. The van der Waals surface area contributed by atoms with Gasteiger partial charge in [-0.15, -0.1) is 23.3 Å². The molecule has 0 unspecified atom stereocenters. The molecule has 2 aromatic rings. The van der Waals surface area contributed by atoms with Crippen LogP contribution in [0.2, 0.25) is 0 Å². The quantitative estimate of drug-likeness (QED) is 0.522. The van der Waals surface area contributed by atoms with Gasteiger partial charge in [-0.2, -0.15) is 36.4 Å². The van der Waals surface area contributed by atoms with Gasteiger partial charge in [-0.3, -0.25) is 0 Å². The van der Waals surface area contributed by atoms with Crippen LogP contribution in [0, 0.1) is 0 Å². The van der Waals surface area contributed by atoms with Crippen molar-refractivity contribution in [3.05, 3.63) is 66.2 Å². The molecule has 0 saturated carbocycles. The first kappa shape index (κ1) is 13.0. The minimum atomic E-state index is 0. The van der Waals surface area contributed by atoms with Gasteiger partial charge in [0, 0.05) is 0 Å². The van der Waals surface area contributed by atoms with Gasteiger partial charge in [0.15, 0.2) is 0 Å². The molecular weight excluding hydrogens is 236 g/mol. The van der Waals surface area contributed by atoms with Crippen LogP contribution in [-0.4, -0.2) is 0 Å². The van der Waals surface area contributed by atoms with Crippen LogP contribution >= 0.6 is 0 Å². The summed E-state index contributed by atoms with van der Waals surface area (Å²) in [5, 5.41) is 0. The van der Waals surface area contributed by atoms with E-state index in [2.05, 4.69) is 30.3 Å². The number of allylic oxidation sites excluding steroid dienone is 2. The third-order valence-corrected chi connectivity index (χ3v) is 2.63. The topological polar surface area (TPSA) is 0 Å². The zero-order valence-corrected chi connectivity index (χ0v) is 10.4. The molecule has 1 aliphatic carbocycles. The molecule has 16 heavy (non-hydrogen) atoms. The molecule has 3 rings (SSSR count). The van der Waals surface area contributed by atoms with Gasteiger partial charge in [0.1, 0.15) is 0 Å². The molecule has 0 heterocycles. The summed E-state index contributed by atoms with van der Waals surface area (Å²) in [6.45, 7) is 0. The Morgan fingerprint density at radius 1 is 1.00 bits per heavy atom. The molecule has 2 aromatic carbocycles. The largest absolute Gasteiger partial charge is 2.00 e. The fourth-order valence-electron chi connectivity index (χ4n) is 1.84. The summed E-state index contributed by atoms with van der Waals surface area (Å²) in [6.07, 6.45) is 6.26. The Morgan fingerprint density at radius 2 is 1.69 bits per heavy atom. The number of rotatable bonds is 1. The number of hydrogen-bond acceptors (Lipinski definition) is 0. The Hall–Kier alpha value is -1.04. The molecule has 0 fully saturated rings. The van der Waals surface area contributed by atoms with Crippen molar-refractivity contribution in [2.75, 3.05) is 0 Å². The van der Waals surface area contributed by atoms with Crippen LogP contribution in [0.1, 0.15) is 24.8 Å². The molecule has 0 aromatic heterocycles. The van der Waals surface area contributed by atoms with Crippen LogP contribution in [0.5, 0.6) is 0 Å². The zero-order chi connectivity index (χ0) is 10.3. The molecule has 0 nitrogen and oxygen atoms in total. The normalized spacial score (nSPS) is 13.4. The molecular formula is C15H16Fe. The Kier molecular flexibility index (Phi) is 5.92. The van der Waals surface area contributed by atoms with Crippen molar-refractivity contribution in [2.45, 2.75) is 19.3 Å². The van der Waals surface area contributed by atoms with E-state index in [0.717, 1.165) is 0 Å². The molecule has 0 radical (unpaired) electrons. The van der Waals surface area contributed by atoms with E-state index in [1.54, 1.807) is 5.57 Å². The van der Waals surface area contributed by atoms with Crippen molar-refractivity contribution >= 4 is 5.57 Å². The van der Waals surface area contributed by atoms with E-state index in [-0.39, 0.29) is 17.1 Å². The van der Waals surface area contributed by atoms with E-state index in [4.69, 9.17) is 0 Å². The van der Waals surface area contributed by atoms with Gasteiger partial charge in [-0.25, -0.2) is 12.1 Å². The smallest absolute Gasteiger partial charge is 0.214 e. The third-order valence-electron chi connectivity index (χ3n) is 2.63. The summed E-state index contributed by atoms with van der Waals surface area (Å²) in [6, 6.07) is 18.6. The van der Waals surface area contributed by atoms with E-state index < -0.39 is 0 Å². The fourth-order valence-corrected chi connectivity index (χ4v) is 1.84. The van der Waals surface area contributed by atoms with Gasteiger partial charge >= 0.3 is 17.1 Å². The van der Waals surface area contributed by atoms with Crippen molar-refractivity contribution < 1.29 is 17.1 Å². The predicted molar refractivity (Wildman–Crippen MR) is 65.9 cm³/mol. The molecule has 0 N–H and O–H groups in total. The second-order valence-electron chi connectivity index (χ2n) is 3.76. The molecule has 0 saturated heterocycles. The molecule has 0 bridgehead atoms. The van der Waals surface area contributed by atoms with Crippen molar-refractivity contribution in [1.82, 2.24) is 0 Å². The monoisotopic (exact) mass is 252 g/mol. The summed E-state index contributed by atoms with van der Waals surface area (Å²) in [7, 11) is 0. The average Bonchev–Trinajstić information content (AvgIpc) is 3.06. The molecule has 0 spiro atoms. The van der Waals surface area contributed by atoms with Crippen LogP contribution in [0.25, 0.3) is 5.57 Å².